The zero-order chi connectivity index (χ0) is 19.1. The van der Waals surface area contributed by atoms with Crippen LogP contribution in [-0.2, 0) is 4.74 Å². The van der Waals surface area contributed by atoms with Crippen LogP contribution in [0.1, 0.15) is 29.6 Å². The Bertz CT molecular complexity index is 600. The maximum atomic E-state index is 12.8. The molecule has 2 aliphatic heterocycles. The van der Waals surface area contributed by atoms with Crippen molar-refractivity contribution in [1.82, 2.24) is 9.80 Å². The second kappa shape index (κ2) is 9.80. The largest absolute Gasteiger partial charge is 0.493 e. The predicted octanol–water partition coefficient (Wildman–Crippen LogP) is 2.04. The van der Waals surface area contributed by atoms with Gasteiger partial charge >= 0.3 is 0 Å². The van der Waals surface area contributed by atoms with E-state index in [2.05, 4.69) is 4.90 Å². The molecule has 0 atom stereocenters. The van der Waals surface area contributed by atoms with Crippen molar-refractivity contribution in [2.75, 3.05) is 66.8 Å². The molecule has 27 heavy (non-hydrogen) atoms. The number of morpholine rings is 1. The van der Waals surface area contributed by atoms with Crippen LogP contribution in [0.25, 0.3) is 0 Å². The van der Waals surface area contributed by atoms with Gasteiger partial charge in [0.1, 0.15) is 6.61 Å². The Kier molecular flexibility index (Phi) is 7.18. The van der Waals surface area contributed by atoms with Gasteiger partial charge in [-0.25, -0.2) is 0 Å². The van der Waals surface area contributed by atoms with Crippen molar-refractivity contribution in [3.63, 3.8) is 0 Å². The van der Waals surface area contributed by atoms with Gasteiger partial charge < -0.3 is 23.8 Å². The van der Waals surface area contributed by atoms with Gasteiger partial charge in [-0.1, -0.05) is 6.42 Å². The molecule has 1 aromatic carbocycles. The minimum absolute atomic E-state index is 0.0465. The molecule has 1 aromatic rings. The maximum Gasteiger partial charge on any atom is 0.254 e. The lowest BCUT2D eigenvalue weighted by molar-refractivity contribution is 0.0302. The lowest BCUT2D eigenvalue weighted by atomic mass is 10.1. The first-order chi connectivity index (χ1) is 13.2. The van der Waals surface area contributed by atoms with Crippen LogP contribution in [0.15, 0.2) is 12.1 Å². The van der Waals surface area contributed by atoms with E-state index in [0.717, 1.165) is 19.6 Å². The predicted molar refractivity (Wildman–Crippen MR) is 102 cm³/mol. The van der Waals surface area contributed by atoms with Crippen LogP contribution in [-0.4, -0.2) is 82.5 Å². The lowest BCUT2D eigenvalue weighted by Gasteiger charge is -2.28. The number of hydrogen-bond donors (Lipinski definition) is 0. The zero-order valence-electron chi connectivity index (χ0n) is 16.4. The third-order valence-electron chi connectivity index (χ3n) is 5.11. The van der Waals surface area contributed by atoms with Crippen molar-refractivity contribution >= 4 is 5.91 Å². The van der Waals surface area contributed by atoms with Gasteiger partial charge in [-0.3, -0.25) is 9.69 Å². The topological polar surface area (TPSA) is 60.5 Å². The highest BCUT2D eigenvalue weighted by molar-refractivity contribution is 5.95. The van der Waals surface area contributed by atoms with Crippen molar-refractivity contribution < 1.29 is 23.7 Å². The first kappa shape index (κ1) is 19.8. The number of carbonyl (C=O) groups is 1. The van der Waals surface area contributed by atoms with Gasteiger partial charge in [-0.2, -0.15) is 0 Å². The maximum absolute atomic E-state index is 12.8. The number of piperidine rings is 1. The van der Waals surface area contributed by atoms with Crippen molar-refractivity contribution in [2.24, 2.45) is 0 Å². The van der Waals surface area contributed by atoms with Crippen molar-refractivity contribution in [3.8, 4) is 17.2 Å². The van der Waals surface area contributed by atoms with E-state index >= 15 is 0 Å². The van der Waals surface area contributed by atoms with Crippen LogP contribution in [0.2, 0.25) is 0 Å². The molecule has 0 aromatic heterocycles. The Labute approximate surface area is 161 Å². The van der Waals surface area contributed by atoms with Gasteiger partial charge in [0.15, 0.2) is 11.5 Å². The van der Waals surface area contributed by atoms with Gasteiger partial charge in [0, 0.05) is 25.2 Å². The fraction of sp³-hybridized carbons (Fsp3) is 0.650. The van der Waals surface area contributed by atoms with E-state index in [4.69, 9.17) is 18.9 Å². The van der Waals surface area contributed by atoms with Crippen LogP contribution in [0.5, 0.6) is 17.2 Å². The first-order valence-electron chi connectivity index (χ1n) is 9.71. The van der Waals surface area contributed by atoms with Crippen LogP contribution in [0.4, 0.5) is 0 Å². The zero-order valence-corrected chi connectivity index (χ0v) is 16.4. The summed E-state index contributed by atoms with van der Waals surface area (Å²) in [5, 5.41) is 0. The lowest BCUT2D eigenvalue weighted by Crippen LogP contribution is -2.40. The van der Waals surface area contributed by atoms with E-state index < -0.39 is 0 Å². The van der Waals surface area contributed by atoms with E-state index in [1.54, 1.807) is 31.3 Å². The molecule has 7 heteroatoms. The number of methoxy groups -OCH3 is 2. The van der Waals surface area contributed by atoms with Crippen LogP contribution >= 0.6 is 0 Å². The second-order valence-electron chi connectivity index (χ2n) is 6.87. The molecule has 0 aliphatic carbocycles. The number of ether oxygens (including phenoxy) is 4. The molecule has 1 amide bonds. The minimum atomic E-state index is -0.0465. The number of likely N-dealkylation sites (tertiary alicyclic amines) is 1. The third-order valence-corrected chi connectivity index (χ3v) is 5.11. The molecule has 0 N–H and O–H groups in total. The molecule has 3 rings (SSSR count). The average Bonchev–Trinajstić information content (AvgIpc) is 2.74. The summed E-state index contributed by atoms with van der Waals surface area (Å²) in [7, 11) is 3.16. The summed E-state index contributed by atoms with van der Waals surface area (Å²) in [4.78, 5) is 17.0. The first-order valence-corrected chi connectivity index (χ1v) is 9.71. The van der Waals surface area contributed by atoms with Gasteiger partial charge in [0.25, 0.3) is 5.91 Å². The molecule has 2 heterocycles. The standard InChI is InChI=1S/C20H30N2O5/c1-24-17-14-16(20(23)22-9-11-26-12-10-22)15-18(25-2)19(17)27-13-8-21-6-4-3-5-7-21/h14-15H,3-13H2,1-2H3. The van der Waals surface area contributed by atoms with Gasteiger partial charge in [-0.15, -0.1) is 0 Å². The highest BCUT2D eigenvalue weighted by Gasteiger charge is 2.23. The summed E-state index contributed by atoms with van der Waals surface area (Å²) in [5.74, 6) is 1.54. The molecule has 7 nitrogen and oxygen atoms in total. The van der Waals surface area contributed by atoms with E-state index in [9.17, 15) is 4.79 Å². The average molecular weight is 378 g/mol. The van der Waals surface area contributed by atoms with Gasteiger partial charge in [0.2, 0.25) is 5.75 Å². The SMILES string of the molecule is COc1cc(C(=O)N2CCOCC2)cc(OC)c1OCCN1CCCCC1. The molecule has 2 aliphatic rings. The van der Waals surface area contributed by atoms with Crippen LogP contribution in [0, 0.1) is 0 Å². The Morgan fingerprint density at radius 3 is 2.22 bits per heavy atom. The Morgan fingerprint density at radius 1 is 1.00 bits per heavy atom. The van der Waals surface area contributed by atoms with E-state index in [0.29, 0.717) is 55.7 Å². The fourth-order valence-corrected chi connectivity index (χ4v) is 3.55. The highest BCUT2D eigenvalue weighted by Crippen LogP contribution is 2.39. The molecule has 0 radical (unpaired) electrons. The monoisotopic (exact) mass is 378 g/mol. The quantitative estimate of drug-likeness (QED) is 0.724. The molecular formula is C20H30N2O5. The molecule has 2 fully saturated rings. The molecule has 150 valence electrons. The molecule has 0 spiro atoms. The number of rotatable bonds is 7. The third kappa shape index (κ3) is 5.05. The summed E-state index contributed by atoms with van der Waals surface area (Å²) in [5.41, 5.74) is 0.536. The van der Waals surface area contributed by atoms with Crippen molar-refractivity contribution in [3.05, 3.63) is 17.7 Å². The van der Waals surface area contributed by atoms with Crippen molar-refractivity contribution in [1.29, 1.82) is 0 Å². The summed E-state index contributed by atoms with van der Waals surface area (Å²) in [6.07, 6.45) is 3.83. The number of nitrogens with zero attached hydrogens (tertiary/aromatic N) is 2. The van der Waals surface area contributed by atoms with Gasteiger partial charge in [-0.05, 0) is 38.1 Å². The summed E-state index contributed by atoms with van der Waals surface area (Å²) in [6, 6.07) is 3.47. The summed E-state index contributed by atoms with van der Waals surface area (Å²) in [6.45, 7) is 6.02. The molecule has 0 bridgehead atoms. The number of benzene rings is 1. The molecule has 0 saturated carbocycles. The molecule has 0 unspecified atom stereocenters. The normalized spacial score (nSPS) is 18.2. The van der Waals surface area contributed by atoms with Crippen LogP contribution in [0.3, 0.4) is 0 Å². The molecule has 2 saturated heterocycles. The number of carbonyl (C=O) groups excluding carboxylic acids is 1. The molecular weight excluding hydrogens is 348 g/mol. The van der Waals surface area contributed by atoms with Crippen LogP contribution < -0.4 is 14.2 Å². The summed E-state index contributed by atoms with van der Waals surface area (Å²) < 4.78 is 22.3. The smallest absolute Gasteiger partial charge is 0.254 e. The van der Waals surface area contributed by atoms with E-state index in [1.165, 1.54) is 19.3 Å². The Balaban J connectivity index is 1.70. The highest BCUT2D eigenvalue weighted by atomic mass is 16.5. The Hall–Kier alpha value is -1.99. The van der Waals surface area contributed by atoms with Gasteiger partial charge in [0.05, 0.1) is 27.4 Å². The van der Waals surface area contributed by atoms with Crippen molar-refractivity contribution in [2.45, 2.75) is 19.3 Å². The Morgan fingerprint density at radius 2 is 1.63 bits per heavy atom. The second-order valence-corrected chi connectivity index (χ2v) is 6.87. The fourth-order valence-electron chi connectivity index (χ4n) is 3.55. The van der Waals surface area contributed by atoms with E-state index in [1.807, 2.05) is 0 Å². The number of hydrogen-bond acceptors (Lipinski definition) is 6. The number of amides is 1. The summed E-state index contributed by atoms with van der Waals surface area (Å²) >= 11 is 0. The van der Waals surface area contributed by atoms with E-state index in [-0.39, 0.29) is 5.91 Å². The minimum Gasteiger partial charge on any atom is -0.493 e.